The summed E-state index contributed by atoms with van der Waals surface area (Å²) in [7, 11) is 0. The van der Waals surface area contributed by atoms with Crippen LogP contribution in [0.2, 0.25) is 0 Å². The van der Waals surface area contributed by atoms with Crippen molar-refractivity contribution in [2.24, 2.45) is 0 Å². The van der Waals surface area contributed by atoms with E-state index in [1.807, 2.05) is 0 Å². The fraction of sp³-hybridized carbons (Fsp3) is 0.294. The monoisotopic (exact) mass is 938 g/mol. The zero-order valence-corrected chi connectivity index (χ0v) is 45.8. The number of hydrogen-bond acceptors (Lipinski definition) is 3. The van der Waals surface area contributed by atoms with Crippen LogP contribution in [0.4, 0.5) is 51.2 Å². The van der Waals surface area contributed by atoms with Crippen molar-refractivity contribution in [1.29, 1.82) is 0 Å². The number of nitrogens with zero attached hydrogens (tertiary/aromatic N) is 3. The molecule has 8 aromatic carbocycles. The van der Waals surface area contributed by atoms with Gasteiger partial charge < -0.3 is 14.7 Å². The van der Waals surface area contributed by atoms with Crippen molar-refractivity contribution >= 4 is 51.2 Å². The fourth-order valence-electron chi connectivity index (χ4n) is 9.46. The lowest BCUT2D eigenvalue weighted by atomic mass is 9.84. The molecule has 0 amide bonds. The van der Waals surface area contributed by atoms with Gasteiger partial charge in [-0.3, -0.25) is 0 Å². The van der Waals surface area contributed by atoms with Gasteiger partial charge in [-0.05, 0) is 202 Å². The molecular weight excluding hydrogens is 859 g/mol. The van der Waals surface area contributed by atoms with Crippen LogP contribution in [-0.4, -0.2) is 0 Å². The Balaban J connectivity index is 0.000000249. The summed E-state index contributed by atoms with van der Waals surface area (Å²) in [5.74, 6) is 0.598. The standard InChI is InChI=1S/C44H52N2.C24H27N/c1-29-13-17-37(18-14-29)45(41-31(3)25-35(26-32(41)4)43(7,8)9)39-21-23-40(24-22-39)46(38-19-15-30(2)16-20-38)42-33(5)27-36(28-34(42)6)44(10,11)12;1-5-20(4)21-10-16-24(17-11-21)25(22-12-6-18(2)7-13-22)23-14-8-19(3)9-15-23/h13-28H,1-12H3;6-17,20H,5H2,1-4H3. The van der Waals surface area contributed by atoms with Gasteiger partial charge in [-0.2, -0.15) is 0 Å². The summed E-state index contributed by atoms with van der Waals surface area (Å²) in [5.41, 5.74) is 25.1. The summed E-state index contributed by atoms with van der Waals surface area (Å²) in [5, 5.41) is 0. The Morgan fingerprint density at radius 1 is 0.324 bits per heavy atom. The third-order valence-electron chi connectivity index (χ3n) is 14.0. The van der Waals surface area contributed by atoms with Crippen LogP contribution < -0.4 is 14.7 Å². The first-order valence-electron chi connectivity index (χ1n) is 25.7. The number of aryl methyl sites for hydroxylation is 8. The summed E-state index contributed by atoms with van der Waals surface area (Å²) in [6.45, 7) is 35.8. The Kier molecular flexibility index (Phi) is 15.9. The van der Waals surface area contributed by atoms with E-state index in [-0.39, 0.29) is 10.8 Å². The van der Waals surface area contributed by atoms with E-state index in [1.165, 1.54) is 96.1 Å². The minimum Gasteiger partial charge on any atom is -0.311 e. The van der Waals surface area contributed by atoms with Gasteiger partial charge in [-0.1, -0.05) is 163 Å². The van der Waals surface area contributed by atoms with Gasteiger partial charge in [0.2, 0.25) is 0 Å². The number of rotatable bonds is 11. The van der Waals surface area contributed by atoms with Gasteiger partial charge in [-0.15, -0.1) is 0 Å². The maximum atomic E-state index is 2.42. The van der Waals surface area contributed by atoms with Crippen molar-refractivity contribution in [3.8, 4) is 0 Å². The molecule has 71 heavy (non-hydrogen) atoms. The molecule has 0 fully saturated rings. The minimum absolute atomic E-state index is 0.0885. The fourth-order valence-corrected chi connectivity index (χ4v) is 9.46. The highest BCUT2D eigenvalue weighted by atomic mass is 15.2. The van der Waals surface area contributed by atoms with E-state index < -0.39 is 0 Å². The van der Waals surface area contributed by atoms with Gasteiger partial charge in [0.1, 0.15) is 0 Å². The van der Waals surface area contributed by atoms with E-state index in [0.717, 1.165) is 22.7 Å². The Morgan fingerprint density at radius 2 is 0.535 bits per heavy atom. The smallest absolute Gasteiger partial charge is 0.0520 e. The lowest BCUT2D eigenvalue weighted by Crippen LogP contribution is -2.17. The molecule has 0 heterocycles. The molecule has 8 aromatic rings. The third kappa shape index (κ3) is 12.2. The minimum atomic E-state index is 0.0885. The second kappa shape index (κ2) is 21.7. The molecule has 3 nitrogen and oxygen atoms in total. The molecule has 0 saturated heterocycles. The highest BCUT2D eigenvalue weighted by Crippen LogP contribution is 2.45. The summed E-state index contributed by atoms with van der Waals surface area (Å²) in [6, 6.07) is 62.8. The third-order valence-corrected chi connectivity index (χ3v) is 14.0. The van der Waals surface area contributed by atoms with Gasteiger partial charge in [0, 0.05) is 39.8 Å². The second-order valence-electron chi connectivity index (χ2n) is 22.2. The van der Waals surface area contributed by atoms with Crippen LogP contribution in [0.3, 0.4) is 0 Å². The highest BCUT2D eigenvalue weighted by molar-refractivity contribution is 5.85. The van der Waals surface area contributed by atoms with Crippen molar-refractivity contribution in [3.05, 3.63) is 231 Å². The highest BCUT2D eigenvalue weighted by Gasteiger charge is 2.24. The molecule has 3 heteroatoms. The maximum absolute atomic E-state index is 2.42. The van der Waals surface area contributed by atoms with Crippen molar-refractivity contribution in [3.63, 3.8) is 0 Å². The first kappa shape index (κ1) is 52.0. The molecule has 1 unspecified atom stereocenters. The van der Waals surface area contributed by atoms with Crippen LogP contribution in [0.1, 0.15) is 129 Å². The van der Waals surface area contributed by atoms with Crippen molar-refractivity contribution in [2.45, 2.75) is 134 Å². The maximum Gasteiger partial charge on any atom is 0.0520 e. The van der Waals surface area contributed by atoms with Gasteiger partial charge >= 0.3 is 0 Å². The Bertz CT molecular complexity index is 2790. The Hall–Kier alpha value is -6.84. The summed E-state index contributed by atoms with van der Waals surface area (Å²) in [6.07, 6.45) is 1.17. The first-order chi connectivity index (χ1) is 33.6. The summed E-state index contributed by atoms with van der Waals surface area (Å²) >= 11 is 0. The molecule has 8 rings (SSSR count). The van der Waals surface area contributed by atoms with Crippen LogP contribution in [0, 0.1) is 55.4 Å². The molecular formula is C68H79N3. The molecule has 0 aromatic heterocycles. The van der Waals surface area contributed by atoms with Crippen molar-refractivity contribution in [1.82, 2.24) is 0 Å². The number of benzene rings is 8. The zero-order valence-electron chi connectivity index (χ0n) is 45.8. The predicted molar refractivity (Wildman–Crippen MR) is 311 cm³/mol. The van der Waals surface area contributed by atoms with E-state index in [2.05, 4.69) is 295 Å². The number of hydrogen-bond donors (Lipinski definition) is 0. The van der Waals surface area contributed by atoms with Crippen LogP contribution in [0.15, 0.2) is 170 Å². The zero-order chi connectivity index (χ0) is 51.4. The lowest BCUT2D eigenvalue weighted by Gasteiger charge is -2.32. The van der Waals surface area contributed by atoms with E-state index >= 15 is 0 Å². The van der Waals surface area contributed by atoms with Crippen molar-refractivity contribution in [2.75, 3.05) is 14.7 Å². The molecule has 0 aliphatic heterocycles. The van der Waals surface area contributed by atoms with E-state index in [0.29, 0.717) is 5.92 Å². The van der Waals surface area contributed by atoms with E-state index in [1.54, 1.807) is 0 Å². The van der Waals surface area contributed by atoms with Gasteiger partial charge in [0.25, 0.3) is 0 Å². The normalized spacial score (nSPS) is 11.9. The van der Waals surface area contributed by atoms with Crippen LogP contribution in [-0.2, 0) is 10.8 Å². The second-order valence-corrected chi connectivity index (χ2v) is 22.2. The molecule has 366 valence electrons. The topological polar surface area (TPSA) is 9.72 Å². The molecule has 0 bridgehead atoms. The van der Waals surface area contributed by atoms with Gasteiger partial charge in [-0.25, -0.2) is 0 Å². The molecule has 0 radical (unpaired) electrons. The average Bonchev–Trinajstić information content (AvgIpc) is 3.33. The molecule has 0 aliphatic carbocycles. The molecule has 0 spiro atoms. The molecule has 0 aliphatic rings. The van der Waals surface area contributed by atoms with E-state index in [4.69, 9.17) is 0 Å². The first-order valence-corrected chi connectivity index (χ1v) is 25.7. The van der Waals surface area contributed by atoms with Crippen molar-refractivity contribution < 1.29 is 0 Å². The van der Waals surface area contributed by atoms with E-state index in [9.17, 15) is 0 Å². The van der Waals surface area contributed by atoms with Crippen LogP contribution in [0.5, 0.6) is 0 Å². The Labute approximate surface area is 428 Å². The summed E-state index contributed by atoms with van der Waals surface area (Å²) in [4.78, 5) is 7.16. The number of anilines is 9. The largest absolute Gasteiger partial charge is 0.311 e. The summed E-state index contributed by atoms with van der Waals surface area (Å²) < 4.78 is 0. The van der Waals surface area contributed by atoms with Crippen LogP contribution in [0.25, 0.3) is 0 Å². The molecule has 0 N–H and O–H groups in total. The average molecular weight is 938 g/mol. The molecule has 1 atom stereocenters. The van der Waals surface area contributed by atoms with Gasteiger partial charge in [0.15, 0.2) is 0 Å². The predicted octanol–water partition coefficient (Wildman–Crippen LogP) is 20.4. The quantitative estimate of drug-likeness (QED) is 0.128. The Morgan fingerprint density at radius 3 is 0.761 bits per heavy atom. The molecule has 0 saturated carbocycles. The van der Waals surface area contributed by atoms with Crippen LogP contribution >= 0.6 is 0 Å². The lowest BCUT2D eigenvalue weighted by molar-refractivity contribution is 0.589. The SMILES string of the molecule is CCC(C)c1ccc(N(c2ccc(C)cc2)c2ccc(C)cc2)cc1.Cc1ccc(N(c2ccc(N(c3ccc(C)cc3)c3c(C)cc(C(C)(C)C)cc3C)cc2)c2c(C)cc(C(C)(C)C)cc2C)cc1. The van der Waals surface area contributed by atoms with Gasteiger partial charge in [0.05, 0.1) is 11.4 Å².